The van der Waals surface area contributed by atoms with E-state index < -0.39 is 43.7 Å². The zero-order valence-corrected chi connectivity index (χ0v) is 83.4. The first-order chi connectivity index (χ1) is 64.3. The van der Waals surface area contributed by atoms with E-state index in [9.17, 15) is 43.3 Å². The number of hydrogen-bond donors (Lipinski definition) is 2. The molecule has 0 unspecified atom stereocenters. The first-order valence-electron chi connectivity index (χ1n) is 44.2. The average molecular weight is 2090 g/mol. The van der Waals surface area contributed by atoms with Gasteiger partial charge in [-0.2, -0.15) is 10.5 Å². The minimum Gasteiger partial charge on any atom is -0.478 e. The lowest BCUT2D eigenvalue weighted by Gasteiger charge is -2.37. The number of benzene rings is 7. The second-order valence-corrected chi connectivity index (χ2v) is 36.0. The summed E-state index contributed by atoms with van der Waals surface area (Å²) in [7, 11) is -1.51. The molecule has 27 nitrogen and oxygen atoms in total. The SMILES string of the molecule is C.C.C.C.C.C.CC1(C)OB(B2OC(C)(C)C(C)(C)O2)OC1(C)C.CCOC(=O)c1ccccc1-c1ccncn1.CCOC(=O)c1ccccc1B1OC(C)(C)C(C)(C)O1.CCOC(=O)c1ccccc1Br.Cl.Cl.Clc1ccncn1.N#CC1(Cc2ccc(F)cc2)CCN(C(=O)c2ccccc2-c2ccncn2)CC1.N#CC1(Cc2ccc(F)cc2)CCNCC1.O=C(O)c1ccccc1-c1ccncn1. The smallest absolute Gasteiger partial charge is 0.478 e. The normalized spacial score (nSPS) is 15.6. The van der Waals surface area contributed by atoms with Gasteiger partial charge < -0.3 is 57.5 Å². The monoisotopic (exact) mass is 2090 g/mol. The Morgan fingerprint density at radius 2 is 0.741 bits per heavy atom. The van der Waals surface area contributed by atoms with Crippen LogP contribution in [0, 0.1) is 45.1 Å². The van der Waals surface area contributed by atoms with Crippen molar-refractivity contribution in [3.8, 4) is 45.9 Å². The summed E-state index contributed by atoms with van der Waals surface area (Å²) in [5.41, 5.74) is 6.18. The maximum Gasteiger partial charge on any atom is 0.495 e. The van der Waals surface area contributed by atoms with Crippen LogP contribution in [0.3, 0.4) is 0 Å². The number of nitrogens with one attached hydrogen (secondary N) is 1. The number of carbonyl (C=O) groups is 5. The lowest BCUT2D eigenvalue weighted by molar-refractivity contribution is 0.00578. The van der Waals surface area contributed by atoms with Crippen molar-refractivity contribution in [1.29, 1.82) is 10.5 Å². The van der Waals surface area contributed by atoms with E-state index in [1.807, 2.05) is 144 Å². The van der Waals surface area contributed by atoms with Crippen molar-refractivity contribution in [3.05, 3.63) is 304 Å². The van der Waals surface area contributed by atoms with Crippen LogP contribution in [0.1, 0.15) is 237 Å². The van der Waals surface area contributed by atoms with Crippen LogP contribution in [0.4, 0.5) is 8.78 Å². The largest absolute Gasteiger partial charge is 0.495 e. The molecule has 0 aliphatic carbocycles. The third-order valence-corrected chi connectivity index (χ3v) is 24.8. The lowest BCUT2D eigenvalue weighted by Crippen LogP contribution is -2.43. The fourth-order valence-electron chi connectivity index (χ4n) is 14.3. The van der Waals surface area contributed by atoms with E-state index in [0.29, 0.717) is 108 Å². The summed E-state index contributed by atoms with van der Waals surface area (Å²) in [6.45, 7) is 33.4. The molecule has 0 spiro atoms. The highest BCUT2D eigenvalue weighted by Crippen LogP contribution is 2.44. The van der Waals surface area contributed by atoms with Gasteiger partial charge in [0.15, 0.2) is 0 Å². The van der Waals surface area contributed by atoms with E-state index in [4.69, 9.17) is 58.8 Å². The molecule has 5 fully saturated rings. The summed E-state index contributed by atoms with van der Waals surface area (Å²) in [6, 6.07) is 60.4. The maximum atomic E-state index is 13.2. The number of carboxylic acid groups (broad SMARTS) is 1. The molecular formula is C107H139B3BrCl3F2N12O15. The van der Waals surface area contributed by atoms with Crippen LogP contribution in [0.5, 0.6) is 0 Å². The Hall–Kier alpha value is -11.7. The highest BCUT2D eigenvalue weighted by atomic mass is 79.9. The zero-order valence-electron chi connectivity index (χ0n) is 79.4. The van der Waals surface area contributed by atoms with Gasteiger partial charge in [0.05, 0.1) is 116 Å². The molecule has 36 heteroatoms. The van der Waals surface area contributed by atoms with Crippen molar-refractivity contribution >= 4 is 109 Å². The molecule has 0 radical (unpaired) electrons. The summed E-state index contributed by atoms with van der Waals surface area (Å²) >= 11 is 8.65. The molecule has 11 aromatic rings. The molecule has 16 rings (SSSR count). The summed E-state index contributed by atoms with van der Waals surface area (Å²) in [5.74, 6) is -2.49. The number of nitriles is 2. The molecule has 5 aliphatic heterocycles. The second-order valence-electron chi connectivity index (χ2n) is 34.8. The van der Waals surface area contributed by atoms with Crippen molar-refractivity contribution in [1.82, 2.24) is 50.1 Å². The first kappa shape index (κ1) is 129. The summed E-state index contributed by atoms with van der Waals surface area (Å²) in [6.07, 6.45) is 16.4. The van der Waals surface area contributed by atoms with Crippen LogP contribution < -0.4 is 10.8 Å². The third-order valence-electron chi connectivity index (χ3n) is 23.9. The van der Waals surface area contributed by atoms with Crippen LogP contribution in [0.15, 0.2) is 249 Å². The molecule has 4 aromatic heterocycles. The molecule has 1 amide bonds. The molecule has 5 aliphatic rings. The van der Waals surface area contributed by atoms with Crippen LogP contribution in [-0.2, 0) is 55.0 Å². The molecular weight excluding hydrogens is 1950 g/mol. The molecule has 7 aromatic carbocycles. The topological polar surface area (TPSA) is 355 Å². The number of likely N-dealkylation sites (tertiary alicyclic amines) is 1. The van der Waals surface area contributed by atoms with Gasteiger partial charge in [-0.3, -0.25) is 4.79 Å². The first-order valence-corrected chi connectivity index (χ1v) is 45.4. The van der Waals surface area contributed by atoms with E-state index in [2.05, 4.69) is 73.3 Å². The number of esters is 3. The molecule has 0 saturated carbocycles. The highest BCUT2D eigenvalue weighted by molar-refractivity contribution is 9.10. The summed E-state index contributed by atoms with van der Waals surface area (Å²) < 4.78 is 77.5. The van der Waals surface area contributed by atoms with Gasteiger partial charge >= 0.3 is 45.0 Å². The van der Waals surface area contributed by atoms with E-state index in [1.54, 1.807) is 160 Å². The van der Waals surface area contributed by atoms with Crippen molar-refractivity contribution in [3.63, 3.8) is 0 Å². The predicted molar refractivity (Wildman–Crippen MR) is 571 cm³/mol. The van der Waals surface area contributed by atoms with Gasteiger partial charge in [0.1, 0.15) is 42.1 Å². The average Bonchev–Trinajstić information content (AvgIpc) is 1.60. The number of piperidine rings is 2. The molecule has 768 valence electrons. The molecule has 0 atom stereocenters. The van der Waals surface area contributed by atoms with E-state index in [-0.39, 0.29) is 138 Å². The van der Waals surface area contributed by atoms with E-state index in [0.717, 1.165) is 59.1 Å². The highest BCUT2D eigenvalue weighted by Gasteiger charge is 2.64. The van der Waals surface area contributed by atoms with Gasteiger partial charge in [0.2, 0.25) is 0 Å². The minimum atomic E-state index is -0.954. The van der Waals surface area contributed by atoms with E-state index in [1.165, 1.54) is 49.6 Å². The van der Waals surface area contributed by atoms with Gasteiger partial charge in [0.25, 0.3) is 5.91 Å². The Bertz CT molecular complexity index is 5720. The van der Waals surface area contributed by atoms with Crippen molar-refractivity contribution in [2.45, 2.75) is 221 Å². The molecule has 9 heterocycles. The number of aromatic carboxylic acids is 1. The lowest BCUT2D eigenvalue weighted by atomic mass is 9.49. The number of rotatable bonds is 17. The van der Waals surface area contributed by atoms with Crippen molar-refractivity contribution < 1.29 is 80.0 Å². The van der Waals surface area contributed by atoms with Crippen LogP contribution in [-0.4, -0.2) is 180 Å². The number of aromatic nitrogens is 8. The zero-order chi connectivity index (χ0) is 98.2. The molecule has 2 N–H and O–H groups in total. The summed E-state index contributed by atoms with van der Waals surface area (Å²) in [5, 5.41) is 31.9. The van der Waals surface area contributed by atoms with Crippen molar-refractivity contribution in [2.24, 2.45) is 10.8 Å². The summed E-state index contributed by atoms with van der Waals surface area (Å²) in [4.78, 5) is 92.3. The molecule has 143 heavy (non-hydrogen) atoms. The number of ether oxygens (including phenoxy) is 3. The van der Waals surface area contributed by atoms with Crippen LogP contribution in [0.2, 0.25) is 5.15 Å². The van der Waals surface area contributed by atoms with Crippen molar-refractivity contribution in [2.75, 3.05) is 46.0 Å². The Balaban J connectivity index is 0.000000829. The number of carboxylic acids is 1. The Labute approximate surface area is 871 Å². The van der Waals surface area contributed by atoms with Gasteiger partial charge in [0, 0.05) is 64.6 Å². The minimum absolute atomic E-state index is 0. The van der Waals surface area contributed by atoms with Gasteiger partial charge in [-0.15, -0.1) is 24.8 Å². The van der Waals surface area contributed by atoms with E-state index >= 15 is 0 Å². The van der Waals surface area contributed by atoms with Gasteiger partial charge in [-0.05, 0) is 273 Å². The fraction of sp³-hybridized carbons (Fsp3) is 0.393. The number of amides is 1. The third kappa shape index (κ3) is 36.2. The predicted octanol–water partition coefficient (Wildman–Crippen LogP) is 23.5. The molecule has 5 saturated heterocycles. The fourth-order valence-corrected chi connectivity index (χ4v) is 14.8. The standard InChI is InChI=1S/C24H21FN4O.C15H21BO4.C13H15FN2.C13H12N2O2.C12H24B2O4.C11H8N2O2.C9H9BrO2.C4H3ClN2.6CH4.2ClH/c25-19-7-5-18(6-8-19)15-24(16-26)10-13-29(14-11-24)23(30)21-4-2-1-3-20(21)22-9-12-27-17-28-22;1-6-18-13(17)11-9-7-8-10-12(11)16-19-14(2,3)15(4,5)20-16;14-12-3-1-11(2-4-12)9-13(10-15)5-7-16-8-6-13;1-2-17-13(16)11-6-4-3-5-10(11)12-7-8-14-9-15-12;1-9(2)10(3,4)16-13(15-9)14-17-11(5,6)12(7,8)18-14;14-11(15)9-4-2-1-3-8(9)10-5-6-12-7-13-10;1-2-12-9(11)7-5-3-4-6-8(7)10;5-4-1-2-6-3-7-4;;;;;;;;/h1-9,12,17H,10-11,13-15H2;7-10H,6H2,1-5H3;1-4,16H,5-9H2;3-9H,2H2,1H3;1-8H3;1-7H,(H,14,15);3-6H,2H2,1H3;1-3H;6*1H4;2*1H. The quantitative estimate of drug-likeness (QED) is 0.0370. The molecule has 0 bridgehead atoms. The number of hydrogen-bond acceptors (Lipinski definition) is 25. The number of nitrogens with zero attached hydrogens (tertiary/aromatic N) is 11. The van der Waals surface area contributed by atoms with Crippen LogP contribution >= 0.6 is 52.3 Å². The van der Waals surface area contributed by atoms with Gasteiger partial charge in [-0.25, -0.2) is 67.8 Å². The maximum absolute atomic E-state index is 13.2. The number of carbonyl (C=O) groups excluding carboxylic acids is 4. The Morgan fingerprint density at radius 1 is 0.427 bits per heavy atom. The second kappa shape index (κ2) is 60.2. The Kier molecular flexibility index (Phi) is 54.4. The van der Waals surface area contributed by atoms with Crippen LogP contribution in [0.25, 0.3) is 33.8 Å². The Morgan fingerprint density at radius 3 is 1.09 bits per heavy atom. The number of halogens is 6. The van der Waals surface area contributed by atoms with Gasteiger partial charge in [-0.1, -0.05) is 165 Å².